The van der Waals surface area contributed by atoms with E-state index in [9.17, 15) is 14.7 Å². The van der Waals surface area contributed by atoms with Crippen LogP contribution < -0.4 is 5.56 Å². The number of methoxy groups -OCH3 is 1. The average Bonchev–Trinajstić information content (AvgIpc) is 3.03. The Morgan fingerprint density at radius 2 is 2.08 bits per heavy atom. The second kappa shape index (κ2) is 6.21. The van der Waals surface area contributed by atoms with Crippen LogP contribution in [0, 0.1) is 0 Å². The van der Waals surface area contributed by atoms with E-state index in [1.165, 1.54) is 6.07 Å². The summed E-state index contributed by atoms with van der Waals surface area (Å²) in [5.74, 6) is -0.156. The predicted octanol–water partition coefficient (Wildman–Crippen LogP) is 1.68. The number of benzene rings is 1. The molecule has 0 unspecified atom stereocenters. The quantitative estimate of drug-likeness (QED) is 0.889. The maximum atomic E-state index is 13.4. The van der Waals surface area contributed by atoms with E-state index in [1.807, 2.05) is 24.3 Å². The Kier molecular flexibility index (Phi) is 4.12. The fourth-order valence-electron chi connectivity index (χ4n) is 4.66. The molecule has 1 N–H and O–H groups in total. The van der Waals surface area contributed by atoms with E-state index in [1.54, 1.807) is 23.6 Å². The highest BCUT2D eigenvalue weighted by Gasteiger charge is 2.52. The van der Waals surface area contributed by atoms with Crippen molar-refractivity contribution in [3.63, 3.8) is 0 Å². The standard InChI is InChI=1S/C20H24N2O4/c1-21-16-6-4-3-5-14(16)15(12-18(21)24)19(25)22-10-9-20(26-2)8-7-13(23)11-17(20)22/h3-6,12-13,17,23H,7-11H2,1-2H3/t13-,17-,20+/m0/s1. The summed E-state index contributed by atoms with van der Waals surface area (Å²) in [6.45, 7) is 0.577. The van der Waals surface area contributed by atoms with Gasteiger partial charge in [0.1, 0.15) is 0 Å². The van der Waals surface area contributed by atoms with Crippen LogP contribution in [0.5, 0.6) is 0 Å². The van der Waals surface area contributed by atoms with Crippen molar-refractivity contribution in [1.82, 2.24) is 9.47 Å². The summed E-state index contributed by atoms with van der Waals surface area (Å²) in [7, 11) is 3.40. The topological polar surface area (TPSA) is 71.8 Å². The maximum absolute atomic E-state index is 13.4. The van der Waals surface area contributed by atoms with Crippen LogP contribution in [-0.4, -0.2) is 51.9 Å². The number of aliphatic hydroxyl groups excluding tert-OH is 1. The first-order valence-electron chi connectivity index (χ1n) is 9.10. The molecule has 1 aliphatic heterocycles. The highest BCUT2D eigenvalue weighted by atomic mass is 16.5. The summed E-state index contributed by atoms with van der Waals surface area (Å²) in [4.78, 5) is 27.5. The van der Waals surface area contributed by atoms with Gasteiger partial charge >= 0.3 is 0 Å². The molecule has 6 heteroatoms. The first kappa shape index (κ1) is 17.2. The third-order valence-corrected chi connectivity index (χ3v) is 6.21. The normalized spacial score (nSPS) is 28.3. The van der Waals surface area contributed by atoms with Crippen molar-refractivity contribution in [1.29, 1.82) is 0 Å². The average molecular weight is 356 g/mol. The highest BCUT2D eigenvalue weighted by molar-refractivity contribution is 6.06. The molecule has 0 bridgehead atoms. The van der Waals surface area contributed by atoms with Crippen LogP contribution in [0.2, 0.25) is 0 Å². The summed E-state index contributed by atoms with van der Waals surface area (Å²) in [5.41, 5.74) is 0.581. The summed E-state index contributed by atoms with van der Waals surface area (Å²) < 4.78 is 7.38. The van der Waals surface area contributed by atoms with Gasteiger partial charge in [-0.15, -0.1) is 0 Å². The Bertz CT molecular complexity index is 922. The van der Waals surface area contributed by atoms with Gasteiger partial charge in [0.25, 0.3) is 11.5 Å². The number of nitrogens with zero attached hydrogens (tertiary/aromatic N) is 2. The van der Waals surface area contributed by atoms with E-state index in [4.69, 9.17) is 4.74 Å². The lowest BCUT2D eigenvalue weighted by Crippen LogP contribution is -2.52. The zero-order valence-electron chi connectivity index (χ0n) is 15.1. The fourth-order valence-corrected chi connectivity index (χ4v) is 4.66. The molecule has 1 saturated carbocycles. The molecule has 1 aromatic heterocycles. The molecule has 0 spiro atoms. The molecule has 4 rings (SSSR count). The zero-order chi connectivity index (χ0) is 18.5. The number of ether oxygens (including phenoxy) is 1. The van der Waals surface area contributed by atoms with Gasteiger partial charge in [-0.1, -0.05) is 18.2 Å². The summed E-state index contributed by atoms with van der Waals surface area (Å²) in [5, 5.41) is 10.9. The Hall–Kier alpha value is -2.18. The Labute approximate surface area is 152 Å². The molecule has 2 aliphatic rings. The van der Waals surface area contributed by atoms with Gasteiger partial charge in [0, 0.05) is 32.2 Å². The minimum atomic E-state index is -0.419. The van der Waals surface area contributed by atoms with Crippen molar-refractivity contribution in [3.05, 3.63) is 46.2 Å². The summed E-state index contributed by atoms with van der Waals surface area (Å²) in [6, 6.07) is 8.72. The van der Waals surface area contributed by atoms with Crippen LogP contribution >= 0.6 is 0 Å². The van der Waals surface area contributed by atoms with Gasteiger partial charge in [-0.3, -0.25) is 9.59 Å². The van der Waals surface area contributed by atoms with Gasteiger partial charge < -0.3 is 19.3 Å². The molecule has 1 amide bonds. The van der Waals surface area contributed by atoms with Crippen molar-refractivity contribution >= 4 is 16.8 Å². The SMILES string of the molecule is CO[C@@]12CC[C@H](O)C[C@@H]1N(C(=O)c1cc(=O)n(C)c3ccccc13)CC2. The zero-order valence-corrected chi connectivity index (χ0v) is 15.1. The second-order valence-corrected chi connectivity index (χ2v) is 7.43. The smallest absolute Gasteiger partial charge is 0.255 e. The number of hydrogen-bond donors (Lipinski definition) is 1. The number of fused-ring (bicyclic) bond motifs is 2. The Morgan fingerprint density at radius 3 is 2.85 bits per heavy atom. The monoisotopic (exact) mass is 356 g/mol. The van der Waals surface area contributed by atoms with Crippen molar-refractivity contribution in [2.45, 2.75) is 43.4 Å². The number of likely N-dealkylation sites (tertiary alicyclic amines) is 1. The van der Waals surface area contributed by atoms with Gasteiger partial charge in [0.15, 0.2) is 0 Å². The maximum Gasteiger partial charge on any atom is 0.255 e. The molecule has 0 radical (unpaired) electrons. The molecule has 6 nitrogen and oxygen atoms in total. The van der Waals surface area contributed by atoms with Gasteiger partial charge in [-0.05, 0) is 31.7 Å². The number of aliphatic hydroxyl groups is 1. The van der Waals surface area contributed by atoms with Crippen LogP contribution in [0.15, 0.2) is 35.1 Å². The number of carbonyl (C=O) groups is 1. The molecule has 1 aromatic carbocycles. The molecule has 138 valence electrons. The number of pyridine rings is 1. The van der Waals surface area contributed by atoms with E-state index in [-0.39, 0.29) is 23.1 Å². The molecule has 1 aliphatic carbocycles. The van der Waals surface area contributed by atoms with Gasteiger partial charge in [-0.25, -0.2) is 0 Å². The van der Waals surface area contributed by atoms with E-state index in [0.717, 1.165) is 23.7 Å². The molecular weight excluding hydrogens is 332 g/mol. The van der Waals surface area contributed by atoms with Crippen molar-refractivity contribution in [2.75, 3.05) is 13.7 Å². The van der Waals surface area contributed by atoms with Crippen LogP contribution in [-0.2, 0) is 11.8 Å². The minimum Gasteiger partial charge on any atom is -0.393 e. The van der Waals surface area contributed by atoms with Crippen LogP contribution in [0.4, 0.5) is 0 Å². The van der Waals surface area contributed by atoms with Gasteiger partial charge in [-0.2, -0.15) is 0 Å². The second-order valence-electron chi connectivity index (χ2n) is 7.43. The molecule has 26 heavy (non-hydrogen) atoms. The van der Waals surface area contributed by atoms with Crippen LogP contribution in [0.25, 0.3) is 10.9 Å². The van der Waals surface area contributed by atoms with Crippen LogP contribution in [0.3, 0.4) is 0 Å². The van der Waals surface area contributed by atoms with Crippen molar-refractivity contribution < 1.29 is 14.6 Å². The lowest BCUT2D eigenvalue weighted by atomic mass is 9.79. The van der Waals surface area contributed by atoms with E-state index < -0.39 is 6.10 Å². The molecular formula is C20H24N2O4. The molecule has 2 heterocycles. The third-order valence-electron chi connectivity index (χ3n) is 6.21. The number of carbonyl (C=O) groups excluding carboxylic acids is 1. The lowest BCUT2D eigenvalue weighted by Gasteiger charge is -2.42. The van der Waals surface area contributed by atoms with E-state index in [0.29, 0.717) is 24.9 Å². The predicted molar refractivity (Wildman–Crippen MR) is 98.2 cm³/mol. The van der Waals surface area contributed by atoms with Gasteiger partial charge in [0.2, 0.25) is 0 Å². The number of hydrogen-bond acceptors (Lipinski definition) is 4. The third kappa shape index (κ3) is 2.47. The first-order valence-corrected chi connectivity index (χ1v) is 9.10. The number of para-hydroxylation sites is 1. The summed E-state index contributed by atoms with van der Waals surface area (Å²) >= 11 is 0. The number of amides is 1. The largest absolute Gasteiger partial charge is 0.393 e. The highest BCUT2D eigenvalue weighted by Crippen LogP contribution is 2.43. The van der Waals surface area contributed by atoms with Crippen molar-refractivity contribution in [3.8, 4) is 0 Å². The number of aromatic nitrogens is 1. The Morgan fingerprint density at radius 1 is 1.31 bits per heavy atom. The van der Waals surface area contributed by atoms with Gasteiger partial charge in [0.05, 0.1) is 28.8 Å². The molecule has 3 atom stereocenters. The number of rotatable bonds is 2. The first-order chi connectivity index (χ1) is 12.5. The van der Waals surface area contributed by atoms with Crippen LogP contribution in [0.1, 0.15) is 36.0 Å². The van der Waals surface area contributed by atoms with E-state index >= 15 is 0 Å². The minimum absolute atomic E-state index is 0.156. The molecule has 1 saturated heterocycles. The van der Waals surface area contributed by atoms with E-state index in [2.05, 4.69) is 0 Å². The summed E-state index contributed by atoms with van der Waals surface area (Å²) in [6.07, 6.45) is 2.30. The molecule has 2 aromatic rings. The fraction of sp³-hybridized carbons (Fsp3) is 0.500. The lowest BCUT2D eigenvalue weighted by molar-refractivity contribution is -0.0824. The van der Waals surface area contributed by atoms with Crippen molar-refractivity contribution in [2.24, 2.45) is 7.05 Å². The Balaban J connectivity index is 1.78. The molecule has 2 fully saturated rings. The number of aryl methyl sites for hydroxylation is 1.